The highest BCUT2D eigenvalue weighted by molar-refractivity contribution is 7.85. The van der Waals surface area contributed by atoms with E-state index in [4.69, 9.17) is 4.55 Å². The van der Waals surface area contributed by atoms with E-state index in [1.807, 2.05) is 30.3 Å². The van der Waals surface area contributed by atoms with Crippen molar-refractivity contribution in [2.75, 3.05) is 5.75 Å². The second-order valence-electron chi connectivity index (χ2n) is 2.56. The third kappa shape index (κ3) is 4.45. The van der Waals surface area contributed by atoms with Gasteiger partial charge in [-0.15, -0.1) is 0 Å². The molecule has 0 aliphatic carbocycles. The highest BCUT2D eigenvalue weighted by Gasteiger charge is 1.98. The van der Waals surface area contributed by atoms with E-state index >= 15 is 0 Å². The molecule has 3 nitrogen and oxygen atoms in total. The van der Waals surface area contributed by atoms with Gasteiger partial charge in [-0.25, -0.2) is 0 Å². The van der Waals surface area contributed by atoms with Crippen LogP contribution in [0.1, 0.15) is 5.56 Å². The van der Waals surface area contributed by atoms with Gasteiger partial charge in [0, 0.05) is 0 Å². The van der Waals surface area contributed by atoms with E-state index in [9.17, 15) is 8.42 Å². The van der Waals surface area contributed by atoms with Crippen LogP contribution >= 0.6 is 0 Å². The van der Waals surface area contributed by atoms with E-state index in [0.717, 1.165) is 5.56 Å². The van der Waals surface area contributed by atoms with Gasteiger partial charge in [0.25, 0.3) is 10.1 Å². The monoisotopic (exact) mass is 198 g/mol. The van der Waals surface area contributed by atoms with Crippen molar-refractivity contribution in [2.45, 2.75) is 0 Å². The largest absolute Gasteiger partial charge is 0.285 e. The van der Waals surface area contributed by atoms with Crippen molar-refractivity contribution in [3.05, 3.63) is 42.0 Å². The maximum Gasteiger partial charge on any atom is 0.268 e. The quantitative estimate of drug-likeness (QED) is 0.750. The Morgan fingerprint density at radius 2 is 1.85 bits per heavy atom. The first-order chi connectivity index (χ1) is 6.08. The molecular formula is C9H10O3S. The van der Waals surface area contributed by atoms with Crippen LogP contribution < -0.4 is 0 Å². The molecule has 0 radical (unpaired) electrons. The minimum atomic E-state index is -3.88. The summed E-state index contributed by atoms with van der Waals surface area (Å²) in [6.45, 7) is 0. The van der Waals surface area contributed by atoms with Crippen molar-refractivity contribution in [1.82, 2.24) is 0 Å². The summed E-state index contributed by atoms with van der Waals surface area (Å²) in [5, 5.41) is 0. The number of rotatable bonds is 3. The molecular weight excluding hydrogens is 188 g/mol. The normalized spacial score (nSPS) is 12.1. The van der Waals surface area contributed by atoms with Crippen molar-refractivity contribution >= 4 is 16.2 Å². The second kappa shape index (κ2) is 4.20. The molecule has 0 bridgehead atoms. The van der Waals surface area contributed by atoms with Gasteiger partial charge in [0.1, 0.15) is 0 Å². The van der Waals surface area contributed by atoms with E-state index < -0.39 is 10.1 Å². The first kappa shape index (κ1) is 9.95. The van der Waals surface area contributed by atoms with Crippen molar-refractivity contribution in [3.63, 3.8) is 0 Å². The van der Waals surface area contributed by atoms with Crippen LogP contribution in [0, 0.1) is 0 Å². The minimum Gasteiger partial charge on any atom is -0.285 e. The molecule has 1 N–H and O–H groups in total. The fourth-order valence-electron chi connectivity index (χ4n) is 0.870. The molecule has 0 amide bonds. The van der Waals surface area contributed by atoms with Crippen molar-refractivity contribution in [2.24, 2.45) is 0 Å². The van der Waals surface area contributed by atoms with Gasteiger partial charge < -0.3 is 0 Å². The smallest absolute Gasteiger partial charge is 0.268 e. The van der Waals surface area contributed by atoms with E-state index in [1.165, 1.54) is 6.08 Å². The van der Waals surface area contributed by atoms with Crippen LogP contribution in [0.15, 0.2) is 36.4 Å². The van der Waals surface area contributed by atoms with Crippen molar-refractivity contribution < 1.29 is 13.0 Å². The minimum absolute atomic E-state index is 0.345. The second-order valence-corrected chi connectivity index (χ2v) is 4.06. The Morgan fingerprint density at radius 3 is 2.38 bits per heavy atom. The summed E-state index contributed by atoms with van der Waals surface area (Å²) in [6, 6.07) is 9.28. The number of hydrogen-bond donors (Lipinski definition) is 1. The molecule has 4 heteroatoms. The summed E-state index contributed by atoms with van der Waals surface area (Å²) in [6.07, 6.45) is 3.05. The van der Waals surface area contributed by atoms with Crippen LogP contribution in [0.25, 0.3) is 6.08 Å². The van der Waals surface area contributed by atoms with Crippen molar-refractivity contribution in [3.8, 4) is 0 Å². The molecule has 1 aromatic carbocycles. The average Bonchev–Trinajstić information content (AvgIpc) is 2.04. The van der Waals surface area contributed by atoms with Crippen LogP contribution in [0.4, 0.5) is 0 Å². The summed E-state index contributed by atoms with van der Waals surface area (Å²) in [4.78, 5) is 0. The maximum absolute atomic E-state index is 10.3. The first-order valence-corrected chi connectivity index (χ1v) is 5.35. The summed E-state index contributed by atoms with van der Waals surface area (Å²) < 4.78 is 29.1. The van der Waals surface area contributed by atoms with Gasteiger partial charge in [0.15, 0.2) is 0 Å². The molecule has 0 aliphatic rings. The Bertz CT molecular complexity index is 379. The Kier molecular flexibility index (Phi) is 3.22. The molecule has 0 heterocycles. The summed E-state index contributed by atoms with van der Waals surface area (Å²) >= 11 is 0. The Labute approximate surface area is 77.5 Å². The lowest BCUT2D eigenvalue weighted by molar-refractivity contribution is 0.487. The summed E-state index contributed by atoms with van der Waals surface area (Å²) in [7, 11) is -3.88. The molecule has 1 rings (SSSR count). The number of benzene rings is 1. The molecule has 0 fully saturated rings. The van der Waals surface area contributed by atoms with Gasteiger partial charge in [0.05, 0.1) is 5.75 Å². The zero-order valence-electron chi connectivity index (χ0n) is 6.92. The lowest BCUT2D eigenvalue weighted by Crippen LogP contribution is -1.99. The van der Waals surface area contributed by atoms with Crippen LogP contribution in [0.3, 0.4) is 0 Å². The molecule has 0 atom stereocenters. The third-order valence-electron chi connectivity index (χ3n) is 1.42. The lowest BCUT2D eigenvalue weighted by Gasteiger charge is -1.90. The van der Waals surface area contributed by atoms with Gasteiger partial charge in [-0.1, -0.05) is 42.5 Å². The van der Waals surface area contributed by atoms with Crippen LogP contribution in [0.2, 0.25) is 0 Å². The maximum atomic E-state index is 10.3. The van der Waals surface area contributed by atoms with Gasteiger partial charge >= 0.3 is 0 Å². The predicted octanol–water partition coefficient (Wildman–Crippen LogP) is 1.59. The van der Waals surface area contributed by atoms with E-state index in [1.54, 1.807) is 6.08 Å². The van der Waals surface area contributed by atoms with E-state index in [-0.39, 0.29) is 5.75 Å². The first-order valence-electron chi connectivity index (χ1n) is 3.75. The molecule has 70 valence electrons. The summed E-state index contributed by atoms with van der Waals surface area (Å²) in [5.41, 5.74) is 0.908. The molecule has 0 saturated carbocycles. The molecule has 0 aliphatic heterocycles. The van der Waals surface area contributed by atoms with Gasteiger partial charge in [-0.05, 0) is 5.56 Å². The van der Waals surface area contributed by atoms with Gasteiger partial charge in [-0.3, -0.25) is 4.55 Å². The van der Waals surface area contributed by atoms with Crippen molar-refractivity contribution in [1.29, 1.82) is 0 Å². The van der Waals surface area contributed by atoms with Gasteiger partial charge in [0.2, 0.25) is 0 Å². The lowest BCUT2D eigenvalue weighted by atomic mass is 10.2. The summed E-state index contributed by atoms with van der Waals surface area (Å²) in [5.74, 6) is -0.345. The SMILES string of the molecule is O=S(=O)(O)C/C=C/c1ccccc1. The van der Waals surface area contributed by atoms with E-state index in [2.05, 4.69) is 0 Å². The molecule has 0 saturated heterocycles. The molecule has 0 unspecified atom stereocenters. The molecule has 13 heavy (non-hydrogen) atoms. The Balaban J connectivity index is 2.61. The highest BCUT2D eigenvalue weighted by atomic mass is 32.2. The molecule has 0 spiro atoms. The standard InChI is InChI=1S/C9H10O3S/c10-13(11,12)8-4-7-9-5-2-1-3-6-9/h1-7H,8H2,(H,10,11,12)/b7-4+. The number of hydrogen-bond acceptors (Lipinski definition) is 2. The fourth-order valence-corrected chi connectivity index (χ4v) is 1.21. The Hall–Kier alpha value is -1.13. The zero-order chi connectivity index (χ0) is 9.73. The fraction of sp³-hybridized carbons (Fsp3) is 0.111. The average molecular weight is 198 g/mol. The predicted molar refractivity (Wildman–Crippen MR) is 51.9 cm³/mol. The molecule has 0 aromatic heterocycles. The third-order valence-corrected chi connectivity index (χ3v) is 2.03. The van der Waals surface area contributed by atoms with Crippen LogP contribution in [-0.2, 0) is 10.1 Å². The molecule has 1 aromatic rings. The zero-order valence-corrected chi connectivity index (χ0v) is 7.74. The Morgan fingerprint density at radius 1 is 1.23 bits per heavy atom. The van der Waals surface area contributed by atoms with Gasteiger partial charge in [-0.2, -0.15) is 8.42 Å². The van der Waals surface area contributed by atoms with Crippen LogP contribution in [0.5, 0.6) is 0 Å². The van der Waals surface area contributed by atoms with Crippen LogP contribution in [-0.4, -0.2) is 18.7 Å². The van der Waals surface area contributed by atoms with E-state index in [0.29, 0.717) is 0 Å². The topological polar surface area (TPSA) is 54.4 Å². The highest BCUT2D eigenvalue weighted by Crippen LogP contribution is 2.00.